The number of piperazine rings is 1. The molecule has 3 N–H and O–H groups in total. The van der Waals surface area contributed by atoms with Crippen LogP contribution < -0.4 is 11.3 Å². The molecule has 0 aromatic heterocycles. The van der Waals surface area contributed by atoms with Gasteiger partial charge in [-0.1, -0.05) is 30.3 Å². The van der Waals surface area contributed by atoms with Crippen LogP contribution in [0.15, 0.2) is 30.3 Å². The first kappa shape index (κ1) is 13.5. The minimum atomic E-state index is -0.274. The summed E-state index contributed by atoms with van der Waals surface area (Å²) in [5.74, 6) is 4.80. The van der Waals surface area contributed by atoms with Crippen molar-refractivity contribution in [2.45, 2.75) is 6.54 Å². The molecule has 0 spiro atoms. The Morgan fingerprint density at radius 3 is 2.63 bits per heavy atom. The van der Waals surface area contributed by atoms with Crippen LogP contribution in [0.5, 0.6) is 0 Å². The lowest BCUT2D eigenvalue weighted by Crippen LogP contribution is -2.52. The first-order valence-corrected chi connectivity index (χ1v) is 6.22. The van der Waals surface area contributed by atoms with Gasteiger partial charge in [0.1, 0.15) is 0 Å². The van der Waals surface area contributed by atoms with Crippen molar-refractivity contribution in [1.82, 2.24) is 15.2 Å². The Labute approximate surface area is 112 Å². The van der Waals surface area contributed by atoms with Gasteiger partial charge >= 0.3 is 0 Å². The van der Waals surface area contributed by atoms with E-state index in [1.54, 1.807) is 4.90 Å². The first-order valence-electron chi connectivity index (χ1n) is 6.22. The van der Waals surface area contributed by atoms with E-state index in [-0.39, 0.29) is 24.9 Å². The van der Waals surface area contributed by atoms with E-state index in [9.17, 15) is 9.59 Å². The van der Waals surface area contributed by atoms with Crippen molar-refractivity contribution in [2.24, 2.45) is 5.84 Å². The number of hydrogen-bond donors (Lipinski definition) is 2. The highest BCUT2D eigenvalue weighted by Crippen LogP contribution is 2.09. The summed E-state index contributed by atoms with van der Waals surface area (Å²) in [6.07, 6.45) is 0. The van der Waals surface area contributed by atoms with Gasteiger partial charge < -0.3 is 4.90 Å². The summed E-state index contributed by atoms with van der Waals surface area (Å²) in [6, 6.07) is 9.88. The lowest BCUT2D eigenvalue weighted by atomic mass is 10.2. The fourth-order valence-corrected chi connectivity index (χ4v) is 2.11. The predicted octanol–water partition coefficient (Wildman–Crippen LogP) is -0.679. The topological polar surface area (TPSA) is 78.7 Å². The Morgan fingerprint density at radius 1 is 1.26 bits per heavy atom. The molecule has 0 unspecified atom stereocenters. The van der Waals surface area contributed by atoms with E-state index in [4.69, 9.17) is 5.84 Å². The largest absolute Gasteiger partial charge is 0.336 e. The Hall–Kier alpha value is -1.92. The summed E-state index contributed by atoms with van der Waals surface area (Å²) in [5, 5.41) is 0. The average Bonchev–Trinajstić information content (AvgIpc) is 2.43. The third kappa shape index (κ3) is 3.77. The molecule has 1 aromatic rings. The van der Waals surface area contributed by atoms with Crippen molar-refractivity contribution in [1.29, 1.82) is 0 Å². The third-order valence-electron chi connectivity index (χ3n) is 3.14. The van der Waals surface area contributed by atoms with Gasteiger partial charge in [-0.2, -0.15) is 0 Å². The summed E-state index contributed by atoms with van der Waals surface area (Å²) in [7, 11) is 0. The van der Waals surface area contributed by atoms with E-state index < -0.39 is 0 Å². The van der Waals surface area contributed by atoms with Gasteiger partial charge in [0.2, 0.25) is 11.8 Å². The molecule has 1 fully saturated rings. The maximum atomic E-state index is 12.0. The summed E-state index contributed by atoms with van der Waals surface area (Å²) >= 11 is 0. The van der Waals surface area contributed by atoms with Gasteiger partial charge in [-0.15, -0.1) is 0 Å². The van der Waals surface area contributed by atoms with E-state index in [1.165, 1.54) is 0 Å². The molecule has 1 heterocycles. The number of nitrogens with one attached hydrogen (secondary N) is 1. The Morgan fingerprint density at radius 2 is 2.00 bits per heavy atom. The highest BCUT2D eigenvalue weighted by Gasteiger charge is 2.24. The number of benzene rings is 1. The number of carbonyl (C=O) groups excluding carboxylic acids is 2. The van der Waals surface area contributed by atoms with E-state index in [1.807, 2.05) is 35.2 Å². The number of rotatable bonds is 4. The van der Waals surface area contributed by atoms with Crippen molar-refractivity contribution >= 4 is 11.8 Å². The van der Waals surface area contributed by atoms with Crippen LogP contribution in [-0.4, -0.2) is 47.8 Å². The van der Waals surface area contributed by atoms with Crippen LogP contribution in [0.2, 0.25) is 0 Å². The summed E-state index contributed by atoms with van der Waals surface area (Å²) in [6.45, 7) is 2.37. The molecule has 0 saturated carbocycles. The number of nitrogens with two attached hydrogens (primary N) is 1. The van der Waals surface area contributed by atoms with Gasteiger partial charge in [0.15, 0.2) is 0 Å². The smallest absolute Gasteiger partial charge is 0.248 e. The fraction of sp³-hybridized carbons (Fsp3) is 0.385. The van der Waals surface area contributed by atoms with E-state index in [0.717, 1.165) is 5.56 Å². The Kier molecular flexibility index (Phi) is 4.48. The summed E-state index contributed by atoms with van der Waals surface area (Å²) < 4.78 is 0. The minimum absolute atomic E-state index is 0.0416. The van der Waals surface area contributed by atoms with Crippen LogP contribution in [0.25, 0.3) is 0 Å². The quantitative estimate of drug-likeness (QED) is 0.428. The lowest BCUT2D eigenvalue weighted by molar-refractivity contribution is -0.137. The maximum absolute atomic E-state index is 12.0. The second-order valence-electron chi connectivity index (χ2n) is 4.58. The van der Waals surface area contributed by atoms with Crippen molar-refractivity contribution in [3.8, 4) is 0 Å². The molecule has 2 rings (SSSR count). The van der Waals surface area contributed by atoms with Crippen LogP contribution in [0.4, 0.5) is 0 Å². The molecule has 0 atom stereocenters. The van der Waals surface area contributed by atoms with E-state index >= 15 is 0 Å². The second kappa shape index (κ2) is 6.31. The highest BCUT2D eigenvalue weighted by molar-refractivity contribution is 5.81. The zero-order chi connectivity index (χ0) is 13.7. The van der Waals surface area contributed by atoms with Crippen LogP contribution in [-0.2, 0) is 16.1 Å². The van der Waals surface area contributed by atoms with Crippen LogP contribution in [0.3, 0.4) is 0 Å². The van der Waals surface area contributed by atoms with Gasteiger partial charge in [-0.25, -0.2) is 5.84 Å². The van der Waals surface area contributed by atoms with Crippen LogP contribution in [0, 0.1) is 0 Å². The number of carbonyl (C=O) groups is 2. The zero-order valence-electron chi connectivity index (χ0n) is 10.7. The van der Waals surface area contributed by atoms with Crippen LogP contribution in [0.1, 0.15) is 5.56 Å². The number of nitrogens with zero attached hydrogens (tertiary/aromatic N) is 2. The molecule has 1 saturated heterocycles. The normalized spacial score (nSPS) is 16.5. The van der Waals surface area contributed by atoms with Crippen LogP contribution >= 0.6 is 0 Å². The SMILES string of the molecule is NNC(=O)CN1CCN(Cc2ccccc2)C(=O)C1. The molecule has 2 amide bonds. The first-order chi connectivity index (χ1) is 9.19. The molecule has 6 nitrogen and oxygen atoms in total. The molecule has 0 bridgehead atoms. The monoisotopic (exact) mass is 262 g/mol. The zero-order valence-corrected chi connectivity index (χ0v) is 10.7. The molecule has 1 aromatic carbocycles. The van der Waals surface area contributed by atoms with E-state index in [0.29, 0.717) is 19.6 Å². The second-order valence-corrected chi connectivity index (χ2v) is 4.58. The molecule has 0 radical (unpaired) electrons. The van der Waals surface area contributed by atoms with Gasteiger partial charge in [0.25, 0.3) is 0 Å². The third-order valence-corrected chi connectivity index (χ3v) is 3.14. The Balaban J connectivity index is 1.87. The van der Waals surface area contributed by atoms with Gasteiger partial charge in [-0.05, 0) is 5.56 Å². The molecule has 6 heteroatoms. The number of hydrogen-bond acceptors (Lipinski definition) is 4. The van der Waals surface area contributed by atoms with Gasteiger partial charge in [0.05, 0.1) is 13.1 Å². The number of hydrazine groups is 1. The molecular formula is C13H18N4O2. The Bertz CT molecular complexity index is 449. The standard InChI is InChI=1S/C13H18N4O2/c14-15-12(18)9-16-6-7-17(13(19)10-16)8-11-4-2-1-3-5-11/h1-5H,6-10,14H2,(H,15,18). The summed E-state index contributed by atoms with van der Waals surface area (Å²) in [5.41, 5.74) is 3.19. The van der Waals surface area contributed by atoms with Gasteiger partial charge in [0, 0.05) is 19.6 Å². The van der Waals surface area contributed by atoms with Gasteiger partial charge in [-0.3, -0.25) is 19.9 Å². The molecule has 1 aliphatic heterocycles. The molecular weight excluding hydrogens is 244 g/mol. The van der Waals surface area contributed by atoms with E-state index in [2.05, 4.69) is 5.43 Å². The maximum Gasteiger partial charge on any atom is 0.248 e. The van der Waals surface area contributed by atoms with Crippen molar-refractivity contribution in [3.05, 3.63) is 35.9 Å². The predicted molar refractivity (Wildman–Crippen MR) is 70.6 cm³/mol. The lowest BCUT2D eigenvalue weighted by Gasteiger charge is -2.33. The summed E-state index contributed by atoms with van der Waals surface area (Å²) in [4.78, 5) is 26.8. The van der Waals surface area contributed by atoms with Crippen molar-refractivity contribution in [3.63, 3.8) is 0 Å². The minimum Gasteiger partial charge on any atom is -0.336 e. The molecule has 1 aliphatic rings. The van der Waals surface area contributed by atoms with Crippen molar-refractivity contribution < 1.29 is 9.59 Å². The van der Waals surface area contributed by atoms with Crippen molar-refractivity contribution in [2.75, 3.05) is 26.2 Å². The highest BCUT2D eigenvalue weighted by atomic mass is 16.2. The fourth-order valence-electron chi connectivity index (χ4n) is 2.11. The number of amides is 2. The molecule has 19 heavy (non-hydrogen) atoms. The molecule has 102 valence electrons. The average molecular weight is 262 g/mol. The molecule has 0 aliphatic carbocycles.